The highest BCUT2D eigenvalue weighted by molar-refractivity contribution is 5.30. The Morgan fingerprint density at radius 2 is 1.95 bits per heavy atom. The number of ether oxygens (including phenoxy) is 2. The van der Waals surface area contributed by atoms with Crippen LogP contribution in [0.5, 0.6) is 0 Å². The number of morpholine rings is 2. The molecule has 0 aliphatic carbocycles. The van der Waals surface area contributed by atoms with E-state index < -0.39 is 0 Å². The zero-order valence-electron chi connectivity index (χ0n) is 13.2. The van der Waals surface area contributed by atoms with Gasteiger partial charge in [-0.3, -0.25) is 0 Å². The second kappa shape index (κ2) is 7.82. The zero-order valence-corrected chi connectivity index (χ0v) is 13.2. The van der Waals surface area contributed by atoms with Gasteiger partial charge in [-0.2, -0.15) is 0 Å². The van der Waals surface area contributed by atoms with Crippen LogP contribution in [-0.2, 0) is 16.0 Å². The minimum atomic E-state index is 0.271. The lowest BCUT2D eigenvalue weighted by Gasteiger charge is -2.30. The molecule has 2 fully saturated rings. The average Bonchev–Trinajstić information content (AvgIpc) is 2.56. The fraction of sp³-hybridized carbons (Fsp3) is 0.733. The van der Waals surface area contributed by atoms with E-state index in [9.17, 15) is 0 Å². The molecule has 0 spiro atoms. The fourth-order valence-corrected chi connectivity index (χ4v) is 2.73. The highest BCUT2D eigenvalue weighted by Crippen LogP contribution is 2.09. The second-order valence-corrected chi connectivity index (χ2v) is 5.88. The summed E-state index contributed by atoms with van der Waals surface area (Å²) in [5, 5.41) is 3.43. The monoisotopic (exact) mass is 307 g/mol. The van der Waals surface area contributed by atoms with Crippen molar-refractivity contribution in [2.24, 2.45) is 0 Å². The van der Waals surface area contributed by atoms with Crippen LogP contribution in [0.1, 0.15) is 5.56 Å². The Bertz CT molecular complexity index is 450. The molecule has 2 aliphatic rings. The molecule has 122 valence electrons. The molecule has 0 radical (unpaired) electrons. The van der Waals surface area contributed by atoms with Crippen molar-refractivity contribution in [3.05, 3.63) is 18.0 Å². The van der Waals surface area contributed by atoms with Crippen molar-refractivity contribution in [3.63, 3.8) is 0 Å². The summed E-state index contributed by atoms with van der Waals surface area (Å²) in [6.45, 7) is 7.69. The molecule has 1 unspecified atom stereocenters. The van der Waals surface area contributed by atoms with E-state index in [1.807, 2.05) is 12.4 Å². The SMILES string of the molecule is CN1CCOC(CNCc2cnc(N3CCOCC3)nc2)C1. The smallest absolute Gasteiger partial charge is 0.225 e. The van der Waals surface area contributed by atoms with Crippen molar-refractivity contribution in [1.29, 1.82) is 0 Å². The van der Waals surface area contributed by atoms with E-state index in [1.54, 1.807) is 0 Å². The van der Waals surface area contributed by atoms with Crippen molar-refractivity contribution in [2.45, 2.75) is 12.6 Å². The zero-order chi connectivity index (χ0) is 15.2. The molecule has 1 aromatic heterocycles. The number of hydrogen-bond acceptors (Lipinski definition) is 7. The summed E-state index contributed by atoms with van der Waals surface area (Å²) in [5.74, 6) is 0.796. The van der Waals surface area contributed by atoms with E-state index in [-0.39, 0.29) is 6.10 Å². The summed E-state index contributed by atoms with van der Waals surface area (Å²) in [6.07, 6.45) is 4.07. The summed E-state index contributed by atoms with van der Waals surface area (Å²) in [4.78, 5) is 13.4. The molecule has 0 aromatic carbocycles. The molecular formula is C15H25N5O2. The third kappa shape index (κ3) is 4.36. The van der Waals surface area contributed by atoms with Crippen LogP contribution in [0.25, 0.3) is 0 Å². The van der Waals surface area contributed by atoms with E-state index >= 15 is 0 Å². The van der Waals surface area contributed by atoms with Crippen molar-refractivity contribution >= 4 is 5.95 Å². The summed E-state index contributed by atoms with van der Waals surface area (Å²) >= 11 is 0. The van der Waals surface area contributed by atoms with Gasteiger partial charge in [0.05, 0.1) is 25.9 Å². The highest BCUT2D eigenvalue weighted by Gasteiger charge is 2.17. The molecule has 0 bridgehead atoms. The number of aromatic nitrogens is 2. The van der Waals surface area contributed by atoms with E-state index in [1.165, 1.54) is 0 Å². The molecule has 0 amide bonds. The lowest BCUT2D eigenvalue weighted by atomic mass is 10.2. The van der Waals surface area contributed by atoms with Gasteiger partial charge in [0.25, 0.3) is 0 Å². The fourth-order valence-electron chi connectivity index (χ4n) is 2.73. The Morgan fingerprint density at radius 3 is 2.68 bits per heavy atom. The normalized spacial score (nSPS) is 23.7. The van der Waals surface area contributed by atoms with Gasteiger partial charge in [-0.15, -0.1) is 0 Å². The second-order valence-electron chi connectivity index (χ2n) is 5.88. The Morgan fingerprint density at radius 1 is 1.18 bits per heavy atom. The topological polar surface area (TPSA) is 62.8 Å². The van der Waals surface area contributed by atoms with Crippen LogP contribution in [0.4, 0.5) is 5.95 Å². The number of nitrogens with one attached hydrogen (secondary N) is 1. The molecule has 7 heteroatoms. The molecule has 1 N–H and O–H groups in total. The highest BCUT2D eigenvalue weighted by atomic mass is 16.5. The molecule has 2 saturated heterocycles. The number of likely N-dealkylation sites (N-methyl/N-ethyl adjacent to an activating group) is 1. The van der Waals surface area contributed by atoms with Gasteiger partial charge in [0, 0.05) is 57.2 Å². The van der Waals surface area contributed by atoms with Gasteiger partial charge >= 0.3 is 0 Å². The van der Waals surface area contributed by atoms with E-state index in [2.05, 4.69) is 32.1 Å². The van der Waals surface area contributed by atoms with Crippen LogP contribution in [-0.4, -0.2) is 80.6 Å². The Hall–Kier alpha value is -1.28. The van der Waals surface area contributed by atoms with Gasteiger partial charge in [0.1, 0.15) is 0 Å². The van der Waals surface area contributed by atoms with Crippen LogP contribution >= 0.6 is 0 Å². The first-order valence-corrected chi connectivity index (χ1v) is 7.96. The van der Waals surface area contributed by atoms with E-state index in [0.717, 1.165) is 70.6 Å². The van der Waals surface area contributed by atoms with Crippen molar-refractivity contribution < 1.29 is 9.47 Å². The lowest BCUT2D eigenvalue weighted by Crippen LogP contribution is -2.44. The quantitative estimate of drug-likeness (QED) is 0.803. The predicted octanol–water partition coefficient (Wildman–Crippen LogP) is -0.267. The predicted molar refractivity (Wildman–Crippen MR) is 84.0 cm³/mol. The molecular weight excluding hydrogens is 282 g/mol. The number of nitrogens with zero attached hydrogens (tertiary/aromatic N) is 4. The largest absolute Gasteiger partial charge is 0.378 e. The number of anilines is 1. The first kappa shape index (κ1) is 15.6. The number of rotatable bonds is 5. The first-order valence-electron chi connectivity index (χ1n) is 7.96. The van der Waals surface area contributed by atoms with Crippen molar-refractivity contribution in [1.82, 2.24) is 20.2 Å². The summed E-state index contributed by atoms with van der Waals surface area (Å²) < 4.78 is 11.1. The van der Waals surface area contributed by atoms with Crippen LogP contribution < -0.4 is 10.2 Å². The Balaban J connectivity index is 1.42. The maximum Gasteiger partial charge on any atom is 0.225 e. The third-order valence-electron chi connectivity index (χ3n) is 4.03. The Kier molecular flexibility index (Phi) is 5.55. The van der Waals surface area contributed by atoms with Crippen LogP contribution in [0.15, 0.2) is 12.4 Å². The summed E-state index contributed by atoms with van der Waals surface area (Å²) in [6, 6.07) is 0. The van der Waals surface area contributed by atoms with Crippen LogP contribution in [0, 0.1) is 0 Å². The van der Waals surface area contributed by atoms with E-state index in [4.69, 9.17) is 9.47 Å². The van der Waals surface area contributed by atoms with Gasteiger partial charge in [0.2, 0.25) is 5.95 Å². The molecule has 1 atom stereocenters. The van der Waals surface area contributed by atoms with Gasteiger partial charge in [-0.1, -0.05) is 0 Å². The third-order valence-corrected chi connectivity index (χ3v) is 4.03. The molecule has 2 aliphatic heterocycles. The van der Waals surface area contributed by atoms with Crippen molar-refractivity contribution in [2.75, 3.05) is 64.5 Å². The molecule has 1 aromatic rings. The summed E-state index contributed by atoms with van der Waals surface area (Å²) in [5.41, 5.74) is 1.10. The van der Waals surface area contributed by atoms with E-state index in [0.29, 0.717) is 0 Å². The first-order chi connectivity index (χ1) is 10.8. The standard InChI is InChI=1S/C15H25N5O2/c1-19-2-7-22-14(12-19)11-16-8-13-9-17-15(18-10-13)20-3-5-21-6-4-20/h9-10,14,16H,2-8,11-12H2,1H3. The Labute approximate surface area is 131 Å². The lowest BCUT2D eigenvalue weighted by molar-refractivity contribution is -0.0182. The minimum Gasteiger partial charge on any atom is -0.378 e. The van der Waals surface area contributed by atoms with Crippen LogP contribution in [0.3, 0.4) is 0 Å². The van der Waals surface area contributed by atoms with Gasteiger partial charge in [0.15, 0.2) is 0 Å². The van der Waals surface area contributed by atoms with Crippen molar-refractivity contribution in [3.8, 4) is 0 Å². The maximum absolute atomic E-state index is 5.73. The van der Waals surface area contributed by atoms with Gasteiger partial charge in [-0.05, 0) is 7.05 Å². The maximum atomic E-state index is 5.73. The summed E-state index contributed by atoms with van der Waals surface area (Å²) in [7, 11) is 2.13. The minimum absolute atomic E-state index is 0.271. The molecule has 3 heterocycles. The van der Waals surface area contributed by atoms with Crippen LogP contribution in [0.2, 0.25) is 0 Å². The molecule has 0 saturated carbocycles. The number of hydrogen-bond donors (Lipinski definition) is 1. The van der Waals surface area contributed by atoms with Gasteiger partial charge < -0.3 is 24.6 Å². The molecule has 22 heavy (non-hydrogen) atoms. The van der Waals surface area contributed by atoms with Gasteiger partial charge in [-0.25, -0.2) is 9.97 Å². The molecule has 7 nitrogen and oxygen atoms in total. The molecule has 3 rings (SSSR count). The average molecular weight is 307 g/mol.